The first-order valence-electron chi connectivity index (χ1n) is 13.6. The molecular weight excluding hydrogens is 450 g/mol. The lowest BCUT2D eigenvalue weighted by Gasteiger charge is -2.08. The van der Waals surface area contributed by atoms with Crippen molar-refractivity contribution in [1.82, 2.24) is 20.6 Å². The Morgan fingerprint density at radius 3 is 1.64 bits per heavy atom. The van der Waals surface area contributed by atoms with Crippen LogP contribution in [-0.4, -0.2) is 33.1 Å². The van der Waals surface area contributed by atoms with E-state index < -0.39 is 0 Å². The number of ether oxygens (including phenoxy) is 1. The number of aromatic nitrogens is 4. The lowest BCUT2D eigenvalue weighted by atomic mass is 10.0. The number of aromatic amines is 1. The molecule has 0 fully saturated rings. The number of hydrogen-bond acceptors (Lipinski definition) is 5. The molecule has 0 aliphatic rings. The standard InChI is InChI=1S/C29H41N5O2/c30-28(35)14-12-10-8-6-4-2-1-3-5-7-9-11-13-23-36-27-21-19-25(20-22-27)24-15-17-26(18-16-24)29-31-33-34-32-29/h15-22H,1-14,23H2,(H2,30,35)(H,31,32,33,34). The summed E-state index contributed by atoms with van der Waals surface area (Å²) >= 11 is 0. The summed E-state index contributed by atoms with van der Waals surface area (Å²) in [5, 5.41) is 14.1. The average molecular weight is 492 g/mol. The molecule has 0 spiro atoms. The summed E-state index contributed by atoms with van der Waals surface area (Å²) in [6.45, 7) is 0.776. The molecule has 0 unspecified atom stereocenters. The lowest BCUT2D eigenvalue weighted by molar-refractivity contribution is -0.118. The van der Waals surface area contributed by atoms with Crippen molar-refractivity contribution in [2.45, 2.75) is 89.9 Å². The number of H-pyrrole nitrogens is 1. The summed E-state index contributed by atoms with van der Waals surface area (Å²) in [6, 6.07) is 16.4. The van der Waals surface area contributed by atoms with Gasteiger partial charge >= 0.3 is 0 Å². The number of carbonyl (C=O) groups excluding carboxylic acids is 1. The second-order valence-corrected chi connectivity index (χ2v) is 9.50. The van der Waals surface area contributed by atoms with E-state index in [1.54, 1.807) is 0 Å². The first-order valence-corrected chi connectivity index (χ1v) is 13.6. The van der Waals surface area contributed by atoms with Gasteiger partial charge in [-0.05, 0) is 41.3 Å². The van der Waals surface area contributed by atoms with Crippen molar-refractivity contribution in [2.24, 2.45) is 5.73 Å². The Hall–Kier alpha value is -3.22. The number of tetrazole rings is 1. The van der Waals surface area contributed by atoms with E-state index in [9.17, 15) is 4.79 Å². The minimum absolute atomic E-state index is 0.171. The van der Waals surface area contributed by atoms with Gasteiger partial charge in [0.05, 0.1) is 6.61 Å². The van der Waals surface area contributed by atoms with Crippen LogP contribution in [0, 0.1) is 0 Å². The lowest BCUT2D eigenvalue weighted by Crippen LogP contribution is -2.09. The van der Waals surface area contributed by atoms with E-state index in [2.05, 4.69) is 44.9 Å². The number of primary amides is 1. The Bertz CT molecular complexity index is 972. The summed E-state index contributed by atoms with van der Waals surface area (Å²) in [7, 11) is 0. The number of nitrogens with two attached hydrogens (primary N) is 1. The van der Waals surface area contributed by atoms with Crippen LogP contribution >= 0.6 is 0 Å². The van der Waals surface area contributed by atoms with Crippen LogP contribution in [0.3, 0.4) is 0 Å². The summed E-state index contributed by atoms with van der Waals surface area (Å²) in [5.74, 6) is 1.35. The highest BCUT2D eigenvalue weighted by Gasteiger charge is 2.04. The topological polar surface area (TPSA) is 107 Å². The van der Waals surface area contributed by atoms with Gasteiger partial charge in [0.15, 0.2) is 0 Å². The molecule has 3 N–H and O–H groups in total. The number of carbonyl (C=O) groups is 1. The molecule has 0 aliphatic heterocycles. The molecule has 1 amide bonds. The average Bonchev–Trinajstić information content (AvgIpc) is 3.44. The summed E-state index contributed by atoms with van der Waals surface area (Å²) in [6.07, 6.45) is 16.8. The summed E-state index contributed by atoms with van der Waals surface area (Å²) < 4.78 is 5.93. The summed E-state index contributed by atoms with van der Waals surface area (Å²) in [5.41, 5.74) is 8.39. The van der Waals surface area contributed by atoms with Gasteiger partial charge in [0.25, 0.3) is 0 Å². The SMILES string of the molecule is NC(=O)CCCCCCCCCCCCCCCOc1ccc(-c2ccc(-c3nn[nH]n3)cc2)cc1. The van der Waals surface area contributed by atoms with Crippen molar-refractivity contribution >= 4 is 5.91 Å². The van der Waals surface area contributed by atoms with Crippen LogP contribution < -0.4 is 10.5 Å². The van der Waals surface area contributed by atoms with Crippen LogP contribution in [-0.2, 0) is 4.79 Å². The van der Waals surface area contributed by atoms with Crippen LogP contribution in [0.2, 0.25) is 0 Å². The second-order valence-electron chi connectivity index (χ2n) is 9.50. The highest BCUT2D eigenvalue weighted by Crippen LogP contribution is 2.25. The number of benzene rings is 2. The minimum atomic E-state index is -0.171. The molecule has 0 aliphatic carbocycles. The Balaban J connectivity index is 1.16. The van der Waals surface area contributed by atoms with Gasteiger partial charge < -0.3 is 10.5 Å². The van der Waals surface area contributed by atoms with Gasteiger partial charge in [-0.1, -0.05) is 107 Å². The molecule has 2 aromatic carbocycles. The zero-order valence-corrected chi connectivity index (χ0v) is 21.5. The van der Waals surface area contributed by atoms with Crippen LogP contribution in [0.1, 0.15) is 89.9 Å². The minimum Gasteiger partial charge on any atom is -0.494 e. The van der Waals surface area contributed by atoms with E-state index in [-0.39, 0.29) is 5.91 Å². The van der Waals surface area contributed by atoms with E-state index in [4.69, 9.17) is 10.5 Å². The maximum atomic E-state index is 10.7. The molecule has 3 rings (SSSR count). The maximum Gasteiger partial charge on any atom is 0.217 e. The number of rotatable bonds is 19. The third kappa shape index (κ3) is 10.6. The second kappa shape index (κ2) is 16.5. The van der Waals surface area contributed by atoms with Gasteiger partial charge in [-0.25, -0.2) is 0 Å². The van der Waals surface area contributed by atoms with Crippen LogP contribution in [0.15, 0.2) is 48.5 Å². The molecule has 1 heterocycles. The molecule has 3 aromatic rings. The highest BCUT2D eigenvalue weighted by molar-refractivity contribution is 5.73. The van der Waals surface area contributed by atoms with E-state index in [0.29, 0.717) is 12.2 Å². The van der Waals surface area contributed by atoms with Crippen LogP contribution in [0.4, 0.5) is 0 Å². The fourth-order valence-corrected chi connectivity index (χ4v) is 4.38. The number of amides is 1. The molecule has 7 heteroatoms. The molecule has 194 valence electrons. The quantitative estimate of drug-likeness (QED) is 0.178. The van der Waals surface area contributed by atoms with E-state index in [0.717, 1.165) is 48.3 Å². The maximum absolute atomic E-state index is 10.7. The number of nitrogens with one attached hydrogen (secondary N) is 1. The van der Waals surface area contributed by atoms with Gasteiger partial charge in [-0.3, -0.25) is 4.79 Å². The van der Waals surface area contributed by atoms with Crippen molar-refractivity contribution in [3.8, 4) is 28.3 Å². The van der Waals surface area contributed by atoms with Crippen molar-refractivity contribution < 1.29 is 9.53 Å². The Labute approximate surface area is 215 Å². The Morgan fingerprint density at radius 2 is 1.14 bits per heavy atom. The first kappa shape index (κ1) is 27.4. The van der Waals surface area contributed by atoms with Crippen LogP contribution in [0.25, 0.3) is 22.5 Å². The molecule has 36 heavy (non-hydrogen) atoms. The molecule has 1 aromatic heterocycles. The van der Waals surface area contributed by atoms with E-state index in [1.807, 2.05) is 24.3 Å². The predicted molar refractivity (Wildman–Crippen MR) is 144 cm³/mol. The first-order chi connectivity index (χ1) is 17.7. The third-order valence-corrected chi connectivity index (χ3v) is 6.51. The number of unbranched alkanes of at least 4 members (excludes halogenated alkanes) is 12. The molecule has 0 radical (unpaired) electrons. The highest BCUT2D eigenvalue weighted by atomic mass is 16.5. The van der Waals surface area contributed by atoms with Crippen molar-refractivity contribution in [2.75, 3.05) is 6.61 Å². The number of nitrogens with zero attached hydrogens (tertiary/aromatic N) is 3. The zero-order valence-electron chi connectivity index (χ0n) is 21.5. The Kier molecular flexibility index (Phi) is 12.5. The number of hydrogen-bond donors (Lipinski definition) is 2. The molecule has 0 atom stereocenters. The van der Waals surface area contributed by atoms with E-state index >= 15 is 0 Å². The largest absolute Gasteiger partial charge is 0.494 e. The Morgan fingerprint density at radius 1 is 0.667 bits per heavy atom. The van der Waals surface area contributed by atoms with Gasteiger partial charge in [-0.15, -0.1) is 10.2 Å². The molecule has 0 saturated heterocycles. The predicted octanol–water partition coefficient (Wildman–Crippen LogP) is 6.86. The molecular formula is C29H41N5O2. The van der Waals surface area contributed by atoms with Gasteiger partial charge in [-0.2, -0.15) is 5.21 Å². The van der Waals surface area contributed by atoms with Gasteiger partial charge in [0.1, 0.15) is 5.75 Å². The normalized spacial score (nSPS) is 11.0. The fraction of sp³-hybridized carbons (Fsp3) is 0.517. The van der Waals surface area contributed by atoms with Crippen molar-refractivity contribution in [3.05, 3.63) is 48.5 Å². The molecule has 0 bridgehead atoms. The monoisotopic (exact) mass is 491 g/mol. The molecule has 0 saturated carbocycles. The molecule has 7 nitrogen and oxygen atoms in total. The van der Waals surface area contributed by atoms with Crippen molar-refractivity contribution in [1.29, 1.82) is 0 Å². The van der Waals surface area contributed by atoms with Crippen molar-refractivity contribution in [3.63, 3.8) is 0 Å². The summed E-state index contributed by atoms with van der Waals surface area (Å²) in [4.78, 5) is 10.7. The van der Waals surface area contributed by atoms with Crippen LogP contribution in [0.5, 0.6) is 5.75 Å². The third-order valence-electron chi connectivity index (χ3n) is 6.51. The van der Waals surface area contributed by atoms with E-state index in [1.165, 1.54) is 64.2 Å². The fourth-order valence-electron chi connectivity index (χ4n) is 4.38. The zero-order chi connectivity index (χ0) is 25.3. The smallest absolute Gasteiger partial charge is 0.217 e. The van der Waals surface area contributed by atoms with Gasteiger partial charge in [0.2, 0.25) is 11.7 Å². The van der Waals surface area contributed by atoms with Gasteiger partial charge in [0, 0.05) is 12.0 Å².